The van der Waals surface area contributed by atoms with Gasteiger partial charge in [0, 0.05) is 50.5 Å². The largest absolute Gasteiger partial charge is 0.378 e. The van der Waals surface area contributed by atoms with E-state index in [1.54, 1.807) is 0 Å². The zero-order valence-corrected chi connectivity index (χ0v) is 12.6. The molecule has 1 N–H and O–H groups in total. The van der Waals surface area contributed by atoms with Gasteiger partial charge in [-0.05, 0) is 19.8 Å². The Kier molecular flexibility index (Phi) is 4.63. The molecule has 1 saturated carbocycles. The summed E-state index contributed by atoms with van der Waals surface area (Å²) in [5, 5.41) is 3.68. The van der Waals surface area contributed by atoms with Crippen molar-refractivity contribution >= 4 is 0 Å². The van der Waals surface area contributed by atoms with E-state index in [0.717, 1.165) is 38.2 Å². The molecule has 3 unspecified atom stereocenters. The molecule has 0 spiro atoms. The smallest absolute Gasteiger partial charge is 0.109 e. The van der Waals surface area contributed by atoms with Gasteiger partial charge in [-0.2, -0.15) is 0 Å². The number of aromatic nitrogens is 2. The van der Waals surface area contributed by atoms with E-state index >= 15 is 0 Å². The van der Waals surface area contributed by atoms with Gasteiger partial charge in [-0.1, -0.05) is 13.8 Å². The van der Waals surface area contributed by atoms with Crippen molar-refractivity contribution in [1.29, 1.82) is 0 Å². The zero-order chi connectivity index (χ0) is 13.9. The number of hydrogen-bond acceptors (Lipinski definition) is 3. The van der Waals surface area contributed by atoms with Crippen molar-refractivity contribution in [2.24, 2.45) is 12.5 Å². The number of nitrogens with one attached hydrogen (secondary N) is 1. The molecular formula is C15H27N3O. The van der Waals surface area contributed by atoms with Gasteiger partial charge < -0.3 is 14.6 Å². The maximum Gasteiger partial charge on any atom is 0.109 e. The number of imidazole rings is 1. The summed E-state index contributed by atoms with van der Waals surface area (Å²) in [7, 11) is 2.05. The summed E-state index contributed by atoms with van der Waals surface area (Å²) < 4.78 is 7.92. The highest BCUT2D eigenvalue weighted by atomic mass is 16.5. The van der Waals surface area contributed by atoms with Crippen LogP contribution in [0.25, 0.3) is 0 Å². The van der Waals surface area contributed by atoms with Gasteiger partial charge in [0.25, 0.3) is 0 Å². The van der Waals surface area contributed by atoms with Gasteiger partial charge >= 0.3 is 0 Å². The number of nitrogens with zero attached hydrogens (tertiary/aromatic N) is 2. The molecule has 0 aromatic carbocycles. The first-order valence-electron chi connectivity index (χ1n) is 7.43. The lowest BCUT2D eigenvalue weighted by Gasteiger charge is -2.53. The van der Waals surface area contributed by atoms with Crippen LogP contribution in [0.4, 0.5) is 0 Å². The van der Waals surface area contributed by atoms with Gasteiger partial charge in [0.15, 0.2) is 0 Å². The fraction of sp³-hybridized carbons (Fsp3) is 0.800. The minimum Gasteiger partial charge on any atom is -0.378 e. The second-order valence-electron chi connectivity index (χ2n) is 5.75. The zero-order valence-electron chi connectivity index (χ0n) is 12.6. The van der Waals surface area contributed by atoms with E-state index in [-0.39, 0.29) is 5.41 Å². The van der Waals surface area contributed by atoms with Crippen LogP contribution in [-0.4, -0.2) is 34.8 Å². The molecule has 4 nitrogen and oxygen atoms in total. The van der Waals surface area contributed by atoms with Crippen LogP contribution >= 0.6 is 0 Å². The summed E-state index contributed by atoms with van der Waals surface area (Å²) in [6.07, 6.45) is 7.57. The molecular weight excluding hydrogens is 238 g/mol. The van der Waals surface area contributed by atoms with E-state index in [2.05, 4.69) is 35.6 Å². The highest BCUT2D eigenvalue weighted by molar-refractivity contribution is 5.05. The van der Waals surface area contributed by atoms with Gasteiger partial charge in [-0.3, -0.25) is 0 Å². The van der Waals surface area contributed by atoms with Crippen LogP contribution < -0.4 is 5.32 Å². The molecule has 0 radical (unpaired) electrons. The molecule has 1 fully saturated rings. The lowest BCUT2D eigenvalue weighted by molar-refractivity contribution is -0.125. The van der Waals surface area contributed by atoms with E-state index in [4.69, 9.17) is 4.74 Å². The van der Waals surface area contributed by atoms with E-state index in [1.165, 1.54) is 0 Å². The Morgan fingerprint density at radius 1 is 1.53 bits per heavy atom. The van der Waals surface area contributed by atoms with Crippen LogP contribution in [0.1, 0.15) is 39.4 Å². The fourth-order valence-corrected chi connectivity index (χ4v) is 3.06. The monoisotopic (exact) mass is 265 g/mol. The fourth-order valence-electron chi connectivity index (χ4n) is 3.06. The Labute approximate surface area is 116 Å². The molecule has 0 bridgehead atoms. The number of hydrogen-bond donors (Lipinski definition) is 1. The maximum atomic E-state index is 5.83. The third kappa shape index (κ3) is 2.84. The molecule has 3 atom stereocenters. The third-order valence-electron chi connectivity index (χ3n) is 4.77. The summed E-state index contributed by atoms with van der Waals surface area (Å²) in [4.78, 5) is 4.36. The normalized spacial score (nSPS) is 30.3. The lowest BCUT2D eigenvalue weighted by Crippen LogP contribution is -2.62. The second kappa shape index (κ2) is 6.06. The van der Waals surface area contributed by atoms with E-state index in [0.29, 0.717) is 12.1 Å². The highest BCUT2D eigenvalue weighted by Gasteiger charge is 2.50. The second-order valence-corrected chi connectivity index (χ2v) is 5.75. The van der Waals surface area contributed by atoms with Gasteiger partial charge in [0.1, 0.15) is 5.82 Å². The van der Waals surface area contributed by atoms with Gasteiger partial charge in [0.05, 0.1) is 6.10 Å². The average Bonchev–Trinajstić information content (AvgIpc) is 2.81. The van der Waals surface area contributed by atoms with E-state index in [1.807, 2.05) is 19.4 Å². The summed E-state index contributed by atoms with van der Waals surface area (Å²) in [5.74, 6) is 1.14. The van der Waals surface area contributed by atoms with Crippen molar-refractivity contribution in [2.45, 2.75) is 52.2 Å². The van der Waals surface area contributed by atoms with Gasteiger partial charge in [-0.25, -0.2) is 4.98 Å². The summed E-state index contributed by atoms with van der Waals surface area (Å²) in [6.45, 7) is 8.50. The van der Waals surface area contributed by atoms with Crippen LogP contribution in [-0.2, 0) is 18.2 Å². The molecule has 1 aliphatic carbocycles. The molecule has 19 heavy (non-hydrogen) atoms. The topological polar surface area (TPSA) is 39.1 Å². The Bertz CT molecular complexity index is 404. The van der Waals surface area contributed by atoms with Crippen LogP contribution in [0.15, 0.2) is 12.4 Å². The lowest BCUT2D eigenvalue weighted by atomic mass is 9.61. The molecule has 1 aromatic rings. The SMILES string of the molecule is CCOC1CC(NCCc2nccn2C)C1(C)CC. The Balaban J connectivity index is 1.79. The van der Waals surface area contributed by atoms with Gasteiger partial charge in [0.2, 0.25) is 0 Å². The molecule has 108 valence electrons. The van der Waals surface area contributed by atoms with Crippen LogP contribution in [0, 0.1) is 5.41 Å². The molecule has 1 aliphatic rings. The Morgan fingerprint density at radius 3 is 2.89 bits per heavy atom. The minimum atomic E-state index is 0.289. The summed E-state index contributed by atoms with van der Waals surface area (Å²) >= 11 is 0. The molecule has 0 saturated heterocycles. The van der Waals surface area contributed by atoms with Crippen molar-refractivity contribution < 1.29 is 4.74 Å². The first-order valence-corrected chi connectivity index (χ1v) is 7.43. The van der Waals surface area contributed by atoms with Crippen molar-refractivity contribution in [1.82, 2.24) is 14.9 Å². The third-order valence-corrected chi connectivity index (χ3v) is 4.77. The Hall–Kier alpha value is -0.870. The quantitative estimate of drug-likeness (QED) is 0.821. The van der Waals surface area contributed by atoms with Crippen molar-refractivity contribution in [2.75, 3.05) is 13.2 Å². The van der Waals surface area contributed by atoms with Crippen molar-refractivity contribution in [3.8, 4) is 0 Å². The van der Waals surface area contributed by atoms with Crippen LogP contribution in [0.3, 0.4) is 0 Å². The van der Waals surface area contributed by atoms with Crippen LogP contribution in [0.5, 0.6) is 0 Å². The van der Waals surface area contributed by atoms with Gasteiger partial charge in [-0.15, -0.1) is 0 Å². The predicted octanol–water partition coefficient (Wildman–Crippen LogP) is 2.15. The molecule has 2 rings (SSSR count). The number of ether oxygens (including phenoxy) is 1. The number of rotatable bonds is 7. The minimum absolute atomic E-state index is 0.289. The van der Waals surface area contributed by atoms with E-state index in [9.17, 15) is 0 Å². The molecule has 0 aliphatic heterocycles. The van der Waals surface area contributed by atoms with Crippen LogP contribution in [0.2, 0.25) is 0 Å². The molecule has 4 heteroatoms. The molecule has 1 aromatic heterocycles. The summed E-state index contributed by atoms with van der Waals surface area (Å²) in [5.41, 5.74) is 0.289. The van der Waals surface area contributed by atoms with E-state index < -0.39 is 0 Å². The first kappa shape index (κ1) is 14.5. The molecule has 0 amide bonds. The highest BCUT2D eigenvalue weighted by Crippen LogP contribution is 2.45. The van der Waals surface area contributed by atoms with Crippen molar-refractivity contribution in [3.63, 3.8) is 0 Å². The molecule has 1 heterocycles. The Morgan fingerprint density at radius 2 is 2.32 bits per heavy atom. The number of aryl methyl sites for hydroxylation is 1. The standard InChI is InChI=1S/C15H27N3O/c1-5-15(3)12(11-13(15)19-6-2)16-8-7-14-17-9-10-18(14)4/h9-10,12-13,16H,5-8,11H2,1-4H3. The summed E-state index contributed by atoms with van der Waals surface area (Å²) in [6, 6.07) is 0.578. The maximum absolute atomic E-state index is 5.83. The average molecular weight is 265 g/mol. The first-order chi connectivity index (χ1) is 9.11. The predicted molar refractivity (Wildman–Crippen MR) is 77.1 cm³/mol. The van der Waals surface area contributed by atoms with Crippen molar-refractivity contribution in [3.05, 3.63) is 18.2 Å².